The quantitative estimate of drug-likeness (QED) is 0.781. The van der Waals surface area contributed by atoms with Crippen molar-refractivity contribution < 1.29 is 14.3 Å². The molecule has 1 aromatic carbocycles. The molecule has 0 aliphatic rings. The minimum Gasteiger partial charge on any atom is -0.465 e. The first-order chi connectivity index (χ1) is 8.11. The lowest BCUT2D eigenvalue weighted by Crippen LogP contribution is -2.31. The van der Waals surface area contributed by atoms with E-state index in [1.54, 1.807) is 6.92 Å². The van der Waals surface area contributed by atoms with Crippen LogP contribution in [-0.4, -0.2) is 25.0 Å². The summed E-state index contributed by atoms with van der Waals surface area (Å²) >= 11 is 0. The summed E-state index contributed by atoms with van der Waals surface area (Å²) in [4.78, 5) is 22.5. The highest BCUT2D eigenvalue weighted by atomic mass is 16.5. The van der Waals surface area contributed by atoms with Crippen LogP contribution in [0.25, 0.3) is 0 Å². The van der Waals surface area contributed by atoms with Gasteiger partial charge < -0.3 is 10.1 Å². The molecule has 1 N–H and O–H groups in total. The Hall–Kier alpha value is -1.84. The third-order valence-electron chi connectivity index (χ3n) is 2.22. The minimum atomic E-state index is -0.412. The zero-order chi connectivity index (χ0) is 12.7. The van der Waals surface area contributed by atoms with Gasteiger partial charge in [-0.15, -0.1) is 0 Å². The Morgan fingerprint density at radius 2 is 1.88 bits per heavy atom. The van der Waals surface area contributed by atoms with Crippen molar-refractivity contribution in [2.75, 3.05) is 13.2 Å². The van der Waals surface area contributed by atoms with Gasteiger partial charge in [-0.05, 0) is 19.4 Å². The van der Waals surface area contributed by atoms with Crippen LogP contribution in [-0.2, 0) is 20.7 Å². The Morgan fingerprint density at radius 3 is 2.47 bits per heavy atom. The molecule has 17 heavy (non-hydrogen) atoms. The van der Waals surface area contributed by atoms with Gasteiger partial charge in [0.2, 0.25) is 5.91 Å². The van der Waals surface area contributed by atoms with Crippen molar-refractivity contribution in [2.45, 2.75) is 20.3 Å². The van der Waals surface area contributed by atoms with E-state index in [4.69, 9.17) is 4.74 Å². The molecule has 0 atom stereocenters. The van der Waals surface area contributed by atoms with Crippen molar-refractivity contribution in [2.24, 2.45) is 0 Å². The van der Waals surface area contributed by atoms with Crippen LogP contribution in [0.15, 0.2) is 24.3 Å². The fourth-order valence-electron chi connectivity index (χ4n) is 1.34. The van der Waals surface area contributed by atoms with Crippen LogP contribution in [0.4, 0.5) is 0 Å². The predicted octanol–water partition coefficient (Wildman–Crippen LogP) is 1.22. The topological polar surface area (TPSA) is 55.4 Å². The van der Waals surface area contributed by atoms with E-state index in [0.717, 1.165) is 11.1 Å². The molecule has 4 nitrogen and oxygen atoms in total. The SMILES string of the molecule is CCOC(=O)CNC(=O)Cc1ccc(C)cc1. The molecular formula is C13H17NO3. The van der Waals surface area contributed by atoms with E-state index in [9.17, 15) is 9.59 Å². The number of benzene rings is 1. The van der Waals surface area contributed by atoms with Crippen molar-refractivity contribution in [3.8, 4) is 0 Å². The highest BCUT2D eigenvalue weighted by Crippen LogP contribution is 2.03. The standard InChI is InChI=1S/C13H17NO3/c1-3-17-13(16)9-14-12(15)8-11-6-4-10(2)5-7-11/h4-7H,3,8-9H2,1-2H3,(H,14,15). The van der Waals surface area contributed by atoms with E-state index in [-0.39, 0.29) is 18.9 Å². The summed E-state index contributed by atoms with van der Waals surface area (Å²) in [6, 6.07) is 7.71. The fourth-order valence-corrected chi connectivity index (χ4v) is 1.34. The number of ether oxygens (including phenoxy) is 1. The van der Waals surface area contributed by atoms with Crippen LogP contribution in [0, 0.1) is 6.92 Å². The lowest BCUT2D eigenvalue weighted by molar-refractivity contribution is -0.143. The molecule has 92 valence electrons. The first kappa shape index (κ1) is 13.2. The maximum atomic E-state index is 11.5. The zero-order valence-electron chi connectivity index (χ0n) is 10.2. The number of carbonyl (C=O) groups is 2. The molecule has 4 heteroatoms. The Bertz CT molecular complexity index is 384. The van der Waals surface area contributed by atoms with Gasteiger partial charge in [-0.2, -0.15) is 0 Å². The van der Waals surface area contributed by atoms with E-state index < -0.39 is 5.97 Å². The molecule has 0 aliphatic carbocycles. The third kappa shape index (κ3) is 5.15. The van der Waals surface area contributed by atoms with Crippen LogP contribution in [0.1, 0.15) is 18.1 Å². The molecule has 0 aliphatic heterocycles. The van der Waals surface area contributed by atoms with Crippen LogP contribution in [0.2, 0.25) is 0 Å². The van der Waals surface area contributed by atoms with E-state index in [1.807, 2.05) is 31.2 Å². The van der Waals surface area contributed by atoms with Crippen LogP contribution >= 0.6 is 0 Å². The van der Waals surface area contributed by atoms with Gasteiger partial charge in [0, 0.05) is 0 Å². The highest BCUT2D eigenvalue weighted by molar-refractivity contribution is 5.83. The first-order valence-electron chi connectivity index (χ1n) is 5.59. The van der Waals surface area contributed by atoms with Gasteiger partial charge in [-0.25, -0.2) is 0 Å². The second-order valence-electron chi connectivity index (χ2n) is 3.74. The van der Waals surface area contributed by atoms with E-state index >= 15 is 0 Å². The van der Waals surface area contributed by atoms with Gasteiger partial charge in [0.25, 0.3) is 0 Å². The molecule has 0 heterocycles. The Kier molecular flexibility index (Phi) is 5.20. The van der Waals surface area contributed by atoms with Gasteiger partial charge in [0.15, 0.2) is 0 Å². The second-order valence-corrected chi connectivity index (χ2v) is 3.74. The summed E-state index contributed by atoms with van der Waals surface area (Å²) < 4.78 is 4.70. The monoisotopic (exact) mass is 235 g/mol. The third-order valence-corrected chi connectivity index (χ3v) is 2.22. The molecule has 0 saturated heterocycles. The molecule has 1 rings (SSSR count). The Labute approximate surface area is 101 Å². The average molecular weight is 235 g/mol. The van der Waals surface area contributed by atoms with Crippen molar-refractivity contribution in [3.05, 3.63) is 35.4 Å². The summed E-state index contributed by atoms with van der Waals surface area (Å²) in [5, 5.41) is 2.52. The smallest absolute Gasteiger partial charge is 0.325 e. The number of nitrogens with one attached hydrogen (secondary N) is 1. The Balaban J connectivity index is 2.34. The van der Waals surface area contributed by atoms with Crippen LogP contribution < -0.4 is 5.32 Å². The number of hydrogen-bond donors (Lipinski definition) is 1. The molecule has 0 spiro atoms. The number of carbonyl (C=O) groups excluding carboxylic acids is 2. The molecule has 0 saturated carbocycles. The Morgan fingerprint density at radius 1 is 1.24 bits per heavy atom. The number of esters is 1. The molecule has 0 bridgehead atoms. The summed E-state index contributed by atoms with van der Waals surface area (Å²) in [6.45, 7) is 3.97. The molecule has 1 amide bonds. The zero-order valence-corrected chi connectivity index (χ0v) is 10.2. The normalized spacial score (nSPS) is 9.76. The van der Waals surface area contributed by atoms with Gasteiger partial charge in [-0.3, -0.25) is 9.59 Å². The van der Waals surface area contributed by atoms with Crippen LogP contribution in [0.3, 0.4) is 0 Å². The van der Waals surface area contributed by atoms with Gasteiger partial charge >= 0.3 is 5.97 Å². The predicted molar refractivity (Wildman–Crippen MR) is 64.5 cm³/mol. The largest absolute Gasteiger partial charge is 0.465 e. The second kappa shape index (κ2) is 6.68. The summed E-state index contributed by atoms with van der Waals surface area (Å²) in [6.07, 6.45) is 0.277. The van der Waals surface area contributed by atoms with E-state index in [1.165, 1.54) is 0 Å². The highest BCUT2D eigenvalue weighted by Gasteiger charge is 2.06. The summed E-state index contributed by atoms with van der Waals surface area (Å²) in [5.74, 6) is -0.591. The number of amides is 1. The molecule has 0 fully saturated rings. The maximum Gasteiger partial charge on any atom is 0.325 e. The van der Waals surface area contributed by atoms with Gasteiger partial charge in [-0.1, -0.05) is 29.8 Å². The van der Waals surface area contributed by atoms with Crippen molar-refractivity contribution >= 4 is 11.9 Å². The molecule has 0 radical (unpaired) electrons. The lowest BCUT2D eigenvalue weighted by atomic mass is 10.1. The maximum absolute atomic E-state index is 11.5. The van der Waals surface area contributed by atoms with Gasteiger partial charge in [0.05, 0.1) is 13.0 Å². The number of rotatable bonds is 5. The first-order valence-corrected chi connectivity index (χ1v) is 5.59. The molecule has 0 unspecified atom stereocenters. The van der Waals surface area contributed by atoms with Crippen molar-refractivity contribution in [1.82, 2.24) is 5.32 Å². The minimum absolute atomic E-state index is 0.0709. The van der Waals surface area contributed by atoms with Gasteiger partial charge in [0.1, 0.15) is 6.54 Å². The molecule has 0 aromatic heterocycles. The summed E-state index contributed by atoms with van der Waals surface area (Å²) in [5.41, 5.74) is 2.08. The van der Waals surface area contributed by atoms with Crippen LogP contribution in [0.5, 0.6) is 0 Å². The molecule has 1 aromatic rings. The number of hydrogen-bond acceptors (Lipinski definition) is 3. The average Bonchev–Trinajstić information content (AvgIpc) is 2.30. The summed E-state index contributed by atoms with van der Waals surface area (Å²) in [7, 11) is 0. The fraction of sp³-hybridized carbons (Fsp3) is 0.385. The van der Waals surface area contributed by atoms with Crippen molar-refractivity contribution in [3.63, 3.8) is 0 Å². The lowest BCUT2D eigenvalue weighted by Gasteiger charge is -2.05. The number of aryl methyl sites for hydroxylation is 1. The van der Waals surface area contributed by atoms with Crippen molar-refractivity contribution in [1.29, 1.82) is 0 Å². The molecular weight excluding hydrogens is 218 g/mol. The van der Waals surface area contributed by atoms with E-state index in [2.05, 4.69) is 5.32 Å². The van der Waals surface area contributed by atoms with E-state index in [0.29, 0.717) is 6.61 Å².